The van der Waals surface area contributed by atoms with Gasteiger partial charge in [-0.2, -0.15) is 0 Å². The molecule has 6 heteroatoms. The number of aliphatic carboxylic acids is 2. The fourth-order valence-corrected chi connectivity index (χ4v) is 5.38. The topological polar surface area (TPSA) is 92.4 Å². The number of carboxylic acids is 2. The van der Waals surface area contributed by atoms with Crippen LogP contribution in [0.15, 0.2) is 18.7 Å². The average molecular weight is 320 g/mol. The number of carbonyl (C=O) groups is 2. The molecule has 0 aromatic carbocycles. The van der Waals surface area contributed by atoms with Crippen molar-refractivity contribution >= 4 is 11.9 Å². The SMILES string of the molecule is O=C(O)C(=O)O.c1cn(CCC23CC4CC(CC(C4)C2)C3)cn1. The van der Waals surface area contributed by atoms with E-state index < -0.39 is 11.9 Å². The number of imidazole rings is 1. The van der Waals surface area contributed by atoms with Gasteiger partial charge in [-0.25, -0.2) is 14.6 Å². The summed E-state index contributed by atoms with van der Waals surface area (Å²) in [7, 11) is 0. The third-order valence-electron chi connectivity index (χ3n) is 5.81. The van der Waals surface area contributed by atoms with Gasteiger partial charge in [-0.05, 0) is 68.1 Å². The van der Waals surface area contributed by atoms with Crippen LogP contribution in [0.5, 0.6) is 0 Å². The van der Waals surface area contributed by atoms with Crippen LogP contribution in [0.3, 0.4) is 0 Å². The summed E-state index contributed by atoms with van der Waals surface area (Å²) in [5, 5.41) is 14.8. The number of hydrogen-bond donors (Lipinski definition) is 2. The number of aromatic nitrogens is 2. The van der Waals surface area contributed by atoms with Gasteiger partial charge < -0.3 is 14.8 Å². The van der Waals surface area contributed by atoms with Gasteiger partial charge in [0.1, 0.15) is 0 Å². The van der Waals surface area contributed by atoms with Crippen molar-refractivity contribution in [1.29, 1.82) is 0 Å². The van der Waals surface area contributed by atoms with E-state index in [0.29, 0.717) is 0 Å². The summed E-state index contributed by atoms with van der Waals surface area (Å²) in [5.74, 6) is -0.387. The summed E-state index contributed by atoms with van der Waals surface area (Å²) < 4.78 is 2.26. The normalized spacial score (nSPS) is 33.8. The van der Waals surface area contributed by atoms with Gasteiger partial charge in [0.25, 0.3) is 0 Å². The molecule has 126 valence electrons. The van der Waals surface area contributed by atoms with Gasteiger partial charge in [-0.1, -0.05) is 0 Å². The highest BCUT2D eigenvalue weighted by Gasteiger charge is 2.50. The Hall–Kier alpha value is -1.85. The lowest BCUT2D eigenvalue weighted by molar-refractivity contribution is -0.159. The minimum atomic E-state index is -1.82. The molecule has 4 fully saturated rings. The quantitative estimate of drug-likeness (QED) is 0.835. The minimum absolute atomic E-state index is 0.721. The van der Waals surface area contributed by atoms with Crippen molar-refractivity contribution in [1.82, 2.24) is 9.55 Å². The largest absolute Gasteiger partial charge is 0.473 e. The van der Waals surface area contributed by atoms with E-state index in [9.17, 15) is 0 Å². The maximum atomic E-state index is 9.10. The third kappa shape index (κ3) is 3.74. The van der Waals surface area contributed by atoms with E-state index in [1.807, 2.05) is 12.5 Å². The molecule has 2 N–H and O–H groups in total. The highest BCUT2D eigenvalue weighted by Crippen LogP contribution is 2.61. The van der Waals surface area contributed by atoms with Crippen molar-refractivity contribution in [2.45, 2.75) is 51.5 Å². The van der Waals surface area contributed by atoms with E-state index in [1.165, 1.54) is 32.2 Å². The van der Waals surface area contributed by atoms with Crippen LogP contribution in [0.2, 0.25) is 0 Å². The molecule has 0 saturated heterocycles. The maximum absolute atomic E-state index is 9.10. The predicted octanol–water partition coefficient (Wildman–Crippen LogP) is 2.65. The Kier molecular flexibility index (Phi) is 4.41. The summed E-state index contributed by atoms with van der Waals surface area (Å²) in [5.41, 5.74) is 0.721. The van der Waals surface area contributed by atoms with Crippen molar-refractivity contribution in [2.24, 2.45) is 23.2 Å². The summed E-state index contributed by atoms with van der Waals surface area (Å²) in [6, 6.07) is 0. The second kappa shape index (κ2) is 6.34. The third-order valence-corrected chi connectivity index (χ3v) is 5.81. The fourth-order valence-electron chi connectivity index (χ4n) is 5.38. The van der Waals surface area contributed by atoms with Gasteiger partial charge in [0.2, 0.25) is 0 Å². The van der Waals surface area contributed by atoms with Gasteiger partial charge in [0.05, 0.1) is 6.33 Å². The molecule has 1 aromatic rings. The molecular weight excluding hydrogens is 296 g/mol. The van der Waals surface area contributed by atoms with Crippen LogP contribution in [0.25, 0.3) is 0 Å². The molecule has 5 rings (SSSR count). The van der Waals surface area contributed by atoms with Crippen molar-refractivity contribution in [3.63, 3.8) is 0 Å². The first-order chi connectivity index (χ1) is 11.0. The molecule has 1 aromatic heterocycles. The maximum Gasteiger partial charge on any atom is 0.414 e. The first kappa shape index (κ1) is 16.0. The predicted molar refractivity (Wildman–Crippen MR) is 82.7 cm³/mol. The molecule has 23 heavy (non-hydrogen) atoms. The first-order valence-corrected chi connectivity index (χ1v) is 8.38. The lowest BCUT2D eigenvalue weighted by atomic mass is 9.49. The fraction of sp³-hybridized carbons (Fsp3) is 0.706. The molecule has 4 saturated carbocycles. The Morgan fingerprint density at radius 3 is 1.96 bits per heavy atom. The Morgan fingerprint density at radius 2 is 1.57 bits per heavy atom. The standard InChI is InChI=1S/C15H22N2.C2H2O4/c1(3-17-4-2-16-11-17)15-8-12-5-13(9-15)7-14(6-12)10-15;3-1(4)2(5)6/h2,4,11-14H,1,3,5-10H2;(H,3,4)(H,5,6). The smallest absolute Gasteiger partial charge is 0.414 e. The Labute approximate surface area is 135 Å². The summed E-state index contributed by atoms with van der Waals surface area (Å²) in [6.07, 6.45) is 16.7. The van der Waals surface area contributed by atoms with Crippen LogP contribution in [0.1, 0.15) is 44.9 Å². The van der Waals surface area contributed by atoms with Crippen LogP contribution in [0.4, 0.5) is 0 Å². The molecule has 0 aliphatic heterocycles. The van der Waals surface area contributed by atoms with Gasteiger partial charge in [-0.3, -0.25) is 0 Å². The first-order valence-electron chi connectivity index (χ1n) is 8.38. The zero-order valence-electron chi connectivity index (χ0n) is 13.2. The van der Waals surface area contributed by atoms with Gasteiger partial charge >= 0.3 is 11.9 Å². The van der Waals surface area contributed by atoms with E-state index in [4.69, 9.17) is 19.8 Å². The molecule has 0 amide bonds. The van der Waals surface area contributed by atoms with Crippen LogP contribution >= 0.6 is 0 Å². The monoisotopic (exact) mass is 320 g/mol. The zero-order valence-corrected chi connectivity index (χ0v) is 13.2. The van der Waals surface area contributed by atoms with Crippen LogP contribution in [0, 0.1) is 23.2 Å². The van der Waals surface area contributed by atoms with Crippen molar-refractivity contribution in [3.05, 3.63) is 18.7 Å². The van der Waals surface area contributed by atoms with E-state index >= 15 is 0 Å². The summed E-state index contributed by atoms with van der Waals surface area (Å²) in [4.78, 5) is 22.3. The number of aryl methyl sites for hydroxylation is 1. The van der Waals surface area contributed by atoms with E-state index in [2.05, 4.69) is 15.7 Å². The van der Waals surface area contributed by atoms with E-state index in [-0.39, 0.29) is 0 Å². The van der Waals surface area contributed by atoms with Crippen molar-refractivity contribution in [2.75, 3.05) is 0 Å². The summed E-state index contributed by atoms with van der Waals surface area (Å²) >= 11 is 0. The van der Waals surface area contributed by atoms with Crippen LogP contribution in [-0.2, 0) is 16.1 Å². The van der Waals surface area contributed by atoms with Gasteiger partial charge in [-0.15, -0.1) is 0 Å². The molecule has 1 heterocycles. The van der Waals surface area contributed by atoms with Crippen LogP contribution < -0.4 is 0 Å². The lowest BCUT2D eigenvalue weighted by Crippen LogP contribution is -2.46. The minimum Gasteiger partial charge on any atom is -0.473 e. The average Bonchev–Trinajstić information content (AvgIpc) is 2.97. The molecule has 4 aliphatic rings. The Bertz CT molecular complexity index is 520. The number of nitrogens with zero attached hydrogens (tertiary/aromatic N) is 2. The molecule has 4 aliphatic carbocycles. The lowest BCUT2D eigenvalue weighted by Gasteiger charge is -2.57. The highest BCUT2D eigenvalue weighted by molar-refractivity contribution is 6.27. The molecule has 4 bridgehead atoms. The highest BCUT2D eigenvalue weighted by atomic mass is 16.4. The molecule has 0 radical (unpaired) electrons. The van der Waals surface area contributed by atoms with Crippen LogP contribution in [-0.4, -0.2) is 31.7 Å². The van der Waals surface area contributed by atoms with Crippen molar-refractivity contribution < 1.29 is 19.8 Å². The number of carboxylic acid groups (broad SMARTS) is 2. The summed E-state index contributed by atoms with van der Waals surface area (Å²) in [6.45, 7) is 1.19. The second-order valence-corrected chi connectivity index (χ2v) is 7.58. The second-order valence-electron chi connectivity index (χ2n) is 7.58. The number of hydrogen-bond acceptors (Lipinski definition) is 3. The molecular formula is C17H24N2O4. The Balaban J connectivity index is 0.000000227. The van der Waals surface area contributed by atoms with Gasteiger partial charge in [0, 0.05) is 18.9 Å². The number of rotatable bonds is 3. The van der Waals surface area contributed by atoms with Crippen molar-refractivity contribution in [3.8, 4) is 0 Å². The molecule has 0 atom stereocenters. The Morgan fingerprint density at radius 1 is 1.04 bits per heavy atom. The van der Waals surface area contributed by atoms with E-state index in [0.717, 1.165) is 23.2 Å². The zero-order chi connectivity index (χ0) is 16.4. The molecule has 0 spiro atoms. The molecule has 6 nitrogen and oxygen atoms in total. The van der Waals surface area contributed by atoms with Gasteiger partial charge in [0.15, 0.2) is 0 Å². The van der Waals surface area contributed by atoms with E-state index in [1.54, 1.807) is 19.3 Å². The molecule has 0 unspecified atom stereocenters.